The van der Waals surface area contributed by atoms with Crippen LogP contribution in [-0.4, -0.2) is 24.8 Å². The van der Waals surface area contributed by atoms with Crippen LogP contribution < -0.4 is 4.74 Å². The first-order chi connectivity index (χ1) is 11.2. The first kappa shape index (κ1) is 19.1. The molecule has 0 saturated heterocycles. The summed E-state index contributed by atoms with van der Waals surface area (Å²) < 4.78 is 10.2. The van der Waals surface area contributed by atoms with Crippen molar-refractivity contribution in [2.24, 2.45) is 0 Å². The Hall–Kier alpha value is -1.97. The van der Waals surface area contributed by atoms with E-state index in [1.807, 2.05) is 6.08 Å². The number of methoxy groups -OCH3 is 1. The molecule has 0 aromatic heterocycles. The van der Waals surface area contributed by atoms with Gasteiger partial charge in [0.05, 0.1) is 7.11 Å². The van der Waals surface area contributed by atoms with E-state index in [0.717, 1.165) is 18.4 Å². The number of aromatic hydroxyl groups is 1. The first-order valence-electron chi connectivity index (χ1n) is 8.36. The van der Waals surface area contributed by atoms with Crippen LogP contribution in [0.1, 0.15) is 57.4 Å². The van der Waals surface area contributed by atoms with Gasteiger partial charge >= 0.3 is 5.97 Å². The minimum absolute atomic E-state index is 0.106. The fraction of sp³-hybridized carbons (Fsp3) is 0.526. The highest BCUT2D eigenvalue weighted by atomic mass is 16.5. The van der Waals surface area contributed by atoms with E-state index in [-0.39, 0.29) is 18.3 Å². The number of hydrogen-bond acceptors (Lipinski definition) is 4. The molecule has 1 N–H and O–H groups in total. The molecule has 0 aliphatic rings. The molecular weight excluding hydrogens is 292 g/mol. The highest BCUT2D eigenvalue weighted by molar-refractivity contribution is 5.69. The van der Waals surface area contributed by atoms with Crippen molar-refractivity contribution in [3.8, 4) is 11.5 Å². The Morgan fingerprint density at radius 2 is 1.91 bits per heavy atom. The minimum Gasteiger partial charge on any atom is -0.504 e. The van der Waals surface area contributed by atoms with E-state index in [0.29, 0.717) is 12.2 Å². The third-order valence-corrected chi connectivity index (χ3v) is 3.59. The van der Waals surface area contributed by atoms with Gasteiger partial charge in [-0.15, -0.1) is 0 Å². The van der Waals surface area contributed by atoms with Crippen LogP contribution in [0.2, 0.25) is 0 Å². The Kier molecular flexibility index (Phi) is 9.60. The van der Waals surface area contributed by atoms with Crippen LogP contribution in [0.15, 0.2) is 24.3 Å². The SMILES string of the molecule is CCCCCCCCC(=O)OC/C=C/c1ccc(O)c(OC)c1. The van der Waals surface area contributed by atoms with Crippen LogP contribution in [0.4, 0.5) is 0 Å². The number of carbonyl (C=O) groups is 1. The molecule has 0 saturated carbocycles. The minimum atomic E-state index is -0.145. The zero-order valence-electron chi connectivity index (χ0n) is 14.2. The molecule has 1 aromatic rings. The summed E-state index contributed by atoms with van der Waals surface area (Å²) in [5.74, 6) is 0.385. The van der Waals surface area contributed by atoms with Gasteiger partial charge in [-0.25, -0.2) is 0 Å². The summed E-state index contributed by atoms with van der Waals surface area (Å²) in [5, 5.41) is 9.51. The molecule has 0 aliphatic carbocycles. The number of phenols is 1. The van der Waals surface area contributed by atoms with Gasteiger partial charge in [0, 0.05) is 6.42 Å². The molecular formula is C19H28O4. The second-order valence-corrected chi connectivity index (χ2v) is 5.53. The topological polar surface area (TPSA) is 55.8 Å². The van der Waals surface area contributed by atoms with Crippen molar-refractivity contribution in [3.63, 3.8) is 0 Å². The summed E-state index contributed by atoms with van der Waals surface area (Å²) in [6, 6.07) is 5.07. The third-order valence-electron chi connectivity index (χ3n) is 3.59. The zero-order chi connectivity index (χ0) is 16.9. The molecule has 0 spiro atoms. The standard InChI is InChI=1S/C19H28O4/c1-3-4-5-6-7-8-11-19(21)23-14-9-10-16-12-13-17(20)18(15-16)22-2/h9-10,12-13,15,20H,3-8,11,14H2,1-2H3/b10-9+. The number of esters is 1. The van der Waals surface area contributed by atoms with Gasteiger partial charge in [-0.3, -0.25) is 4.79 Å². The fourth-order valence-electron chi connectivity index (χ4n) is 2.24. The van der Waals surface area contributed by atoms with Gasteiger partial charge in [0.1, 0.15) is 6.61 Å². The number of ether oxygens (including phenoxy) is 2. The Morgan fingerprint density at radius 1 is 1.17 bits per heavy atom. The van der Waals surface area contributed by atoms with Gasteiger partial charge in [-0.05, 0) is 30.2 Å². The van der Waals surface area contributed by atoms with E-state index in [9.17, 15) is 9.90 Å². The van der Waals surface area contributed by atoms with Crippen molar-refractivity contribution < 1.29 is 19.4 Å². The van der Waals surface area contributed by atoms with Crippen LogP contribution >= 0.6 is 0 Å². The average Bonchev–Trinajstić information content (AvgIpc) is 2.56. The fourth-order valence-corrected chi connectivity index (χ4v) is 2.24. The maximum absolute atomic E-state index is 11.6. The molecule has 0 atom stereocenters. The largest absolute Gasteiger partial charge is 0.504 e. The molecule has 23 heavy (non-hydrogen) atoms. The highest BCUT2D eigenvalue weighted by Gasteiger charge is 2.02. The van der Waals surface area contributed by atoms with Crippen LogP contribution in [0, 0.1) is 0 Å². The second kappa shape index (κ2) is 11.6. The first-order valence-corrected chi connectivity index (χ1v) is 8.36. The van der Waals surface area contributed by atoms with Gasteiger partial charge < -0.3 is 14.6 Å². The smallest absolute Gasteiger partial charge is 0.306 e. The summed E-state index contributed by atoms with van der Waals surface area (Å²) in [4.78, 5) is 11.6. The van der Waals surface area contributed by atoms with Gasteiger partial charge in [0.25, 0.3) is 0 Å². The van der Waals surface area contributed by atoms with E-state index >= 15 is 0 Å². The number of rotatable bonds is 11. The Morgan fingerprint density at radius 3 is 2.65 bits per heavy atom. The lowest BCUT2D eigenvalue weighted by Gasteiger charge is -2.04. The van der Waals surface area contributed by atoms with Crippen LogP contribution in [0.5, 0.6) is 11.5 Å². The predicted molar refractivity (Wildman–Crippen MR) is 92.6 cm³/mol. The summed E-state index contributed by atoms with van der Waals surface area (Å²) in [5.41, 5.74) is 0.881. The van der Waals surface area contributed by atoms with Gasteiger partial charge in [0.15, 0.2) is 11.5 Å². The van der Waals surface area contributed by atoms with Crippen molar-refractivity contribution >= 4 is 12.0 Å². The average molecular weight is 320 g/mol. The normalized spacial score (nSPS) is 10.9. The van der Waals surface area contributed by atoms with Gasteiger partial charge in [-0.1, -0.05) is 51.2 Å². The molecule has 0 amide bonds. The van der Waals surface area contributed by atoms with Gasteiger partial charge in [0.2, 0.25) is 0 Å². The molecule has 4 heteroatoms. The summed E-state index contributed by atoms with van der Waals surface area (Å²) in [7, 11) is 1.51. The molecule has 1 aromatic carbocycles. The van der Waals surface area contributed by atoms with E-state index in [2.05, 4.69) is 6.92 Å². The van der Waals surface area contributed by atoms with Crippen LogP contribution in [0.3, 0.4) is 0 Å². The molecule has 0 heterocycles. The molecule has 1 rings (SSSR count). The van der Waals surface area contributed by atoms with Crippen molar-refractivity contribution in [3.05, 3.63) is 29.8 Å². The zero-order valence-corrected chi connectivity index (χ0v) is 14.2. The number of carbonyl (C=O) groups excluding carboxylic acids is 1. The summed E-state index contributed by atoms with van der Waals surface area (Å²) >= 11 is 0. The maximum Gasteiger partial charge on any atom is 0.306 e. The van der Waals surface area contributed by atoms with Crippen molar-refractivity contribution in [2.45, 2.75) is 51.9 Å². The molecule has 0 fully saturated rings. The number of unbranched alkanes of at least 4 members (excludes halogenated alkanes) is 5. The maximum atomic E-state index is 11.6. The molecule has 0 unspecified atom stereocenters. The summed E-state index contributed by atoms with van der Waals surface area (Å²) in [6.07, 6.45) is 11.1. The number of benzene rings is 1. The third kappa shape index (κ3) is 8.29. The Labute approximate surface area is 139 Å². The van der Waals surface area contributed by atoms with Crippen LogP contribution in [-0.2, 0) is 9.53 Å². The van der Waals surface area contributed by atoms with E-state index < -0.39 is 0 Å². The molecule has 4 nitrogen and oxygen atoms in total. The lowest BCUT2D eigenvalue weighted by Crippen LogP contribution is -2.03. The number of phenolic OH excluding ortho intramolecular Hbond substituents is 1. The van der Waals surface area contributed by atoms with E-state index in [1.54, 1.807) is 24.3 Å². The lowest BCUT2D eigenvalue weighted by molar-refractivity contribution is -0.142. The van der Waals surface area contributed by atoms with Crippen molar-refractivity contribution in [2.75, 3.05) is 13.7 Å². The molecule has 0 aliphatic heterocycles. The molecule has 128 valence electrons. The van der Waals surface area contributed by atoms with Crippen molar-refractivity contribution in [1.29, 1.82) is 0 Å². The summed E-state index contributed by atoms with van der Waals surface area (Å²) in [6.45, 7) is 2.46. The second-order valence-electron chi connectivity index (χ2n) is 5.53. The predicted octanol–water partition coefficient (Wildman–Crippen LogP) is 4.71. The lowest BCUT2D eigenvalue weighted by atomic mass is 10.1. The van der Waals surface area contributed by atoms with Crippen molar-refractivity contribution in [1.82, 2.24) is 0 Å². The molecule has 0 bridgehead atoms. The Balaban J connectivity index is 2.19. The van der Waals surface area contributed by atoms with E-state index in [4.69, 9.17) is 9.47 Å². The van der Waals surface area contributed by atoms with Crippen LogP contribution in [0.25, 0.3) is 6.08 Å². The highest BCUT2D eigenvalue weighted by Crippen LogP contribution is 2.26. The monoisotopic (exact) mass is 320 g/mol. The molecule has 0 radical (unpaired) electrons. The van der Waals surface area contributed by atoms with Gasteiger partial charge in [-0.2, -0.15) is 0 Å². The Bertz CT molecular complexity index is 494. The quantitative estimate of drug-likeness (QED) is 0.474. The number of hydrogen-bond donors (Lipinski definition) is 1. The van der Waals surface area contributed by atoms with E-state index in [1.165, 1.54) is 32.8 Å².